The topological polar surface area (TPSA) is 3.24 Å². The summed E-state index contributed by atoms with van der Waals surface area (Å²) < 4.78 is 0. The van der Waals surface area contributed by atoms with Crippen molar-refractivity contribution in [2.45, 2.75) is 18.8 Å². The zero-order valence-corrected chi connectivity index (χ0v) is 9.68. The van der Waals surface area contributed by atoms with Gasteiger partial charge in [0, 0.05) is 12.0 Å². The summed E-state index contributed by atoms with van der Waals surface area (Å²) in [6.07, 6.45) is 1.29. The van der Waals surface area contributed by atoms with E-state index >= 15 is 0 Å². The monoisotopic (exact) mass is 211 g/mol. The first kappa shape index (κ1) is 11.5. The second-order valence-electron chi connectivity index (χ2n) is 4.41. The molecule has 1 saturated heterocycles. The maximum Gasteiger partial charge on any atom is 0.00734 e. The van der Waals surface area contributed by atoms with Gasteiger partial charge in [0.1, 0.15) is 0 Å². The summed E-state index contributed by atoms with van der Waals surface area (Å²) in [4.78, 5) is 2.41. The van der Waals surface area contributed by atoms with Gasteiger partial charge in [-0.2, -0.15) is 0 Å². The van der Waals surface area contributed by atoms with Crippen LogP contribution >= 0.6 is 12.4 Å². The van der Waals surface area contributed by atoms with Gasteiger partial charge in [-0.15, -0.1) is 12.4 Å². The molecule has 1 aliphatic rings. The second kappa shape index (κ2) is 4.33. The van der Waals surface area contributed by atoms with Crippen molar-refractivity contribution in [2.24, 2.45) is 0 Å². The molecule has 1 unspecified atom stereocenters. The van der Waals surface area contributed by atoms with E-state index < -0.39 is 0 Å². The lowest BCUT2D eigenvalue weighted by molar-refractivity contribution is 0.381. The molecule has 0 saturated carbocycles. The molecule has 0 aliphatic carbocycles. The Labute approximate surface area is 92.5 Å². The predicted molar refractivity (Wildman–Crippen MR) is 63.2 cm³/mol. The van der Waals surface area contributed by atoms with E-state index in [0.29, 0.717) is 5.41 Å². The van der Waals surface area contributed by atoms with E-state index in [1.807, 2.05) is 0 Å². The molecule has 1 aromatic carbocycles. The minimum Gasteiger partial charge on any atom is -0.305 e. The zero-order valence-electron chi connectivity index (χ0n) is 8.86. The number of likely N-dealkylation sites (tertiary alicyclic amines) is 1. The van der Waals surface area contributed by atoms with Gasteiger partial charge < -0.3 is 4.90 Å². The Morgan fingerprint density at radius 3 is 2.36 bits per heavy atom. The van der Waals surface area contributed by atoms with Crippen LogP contribution in [-0.2, 0) is 5.41 Å². The highest BCUT2D eigenvalue weighted by Gasteiger charge is 2.33. The number of likely N-dealkylation sites (N-methyl/N-ethyl adjacent to an activating group) is 1. The quantitative estimate of drug-likeness (QED) is 0.691. The third-order valence-corrected chi connectivity index (χ3v) is 3.13. The van der Waals surface area contributed by atoms with Gasteiger partial charge in [0.2, 0.25) is 0 Å². The number of nitrogens with zero attached hydrogens (tertiary/aromatic N) is 1. The molecule has 1 atom stereocenters. The smallest absolute Gasteiger partial charge is 0.00734 e. The third-order valence-electron chi connectivity index (χ3n) is 3.13. The van der Waals surface area contributed by atoms with Crippen LogP contribution < -0.4 is 0 Å². The summed E-state index contributed by atoms with van der Waals surface area (Å²) in [5, 5.41) is 0. The lowest BCUT2D eigenvalue weighted by Gasteiger charge is -2.24. The molecule has 1 fully saturated rings. The van der Waals surface area contributed by atoms with Crippen LogP contribution in [0, 0.1) is 0 Å². The Morgan fingerprint density at radius 1 is 1.21 bits per heavy atom. The maximum absolute atomic E-state index is 2.41. The molecule has 0 amide bonds. The normalized spacial score (nSPS) is 27.3. The third kappa shape index (κ3) is 2.10. The molecule has 0 bridgehead atoms. The van der Waals surface area contributed by atoms with Gasteiger partial charge in [0.25, 0.3) is 0 Å². The van der Waals surface area contributed by atoms with Gasteiger partial charge >= 0.3 is 0 Å². The van der Waals surface area contributed by atoms with E-state index in [4.69, 9.17) is 0 Å². The van der Waals surface area contributed by atoms with Crippen LogP contribution in [0.2, 0.25) is 0 Å². The summed E-state index contributed by atoms with van der Waals surface area (Å²) in [5.74, 6) is 0. The SMILES string of the molecule is CN1CCC(C)(c2ccccc2)C1.Cl. The fourth-order valence-corrected chi connectivity index (χ4v) is 2.27. The molecule has 1 aliphatic heterocycles. The van der Waals surface area contributed by atoms with Crippen LogP contribution in [0.1, 0.15) is 18.9 Å². The Hall–Kier alpha value is -0.530. The summed E-state index contributed by atoms with van der Waals surface area (Å²) in [7, 11) is 2.20. The molecule has 0 aromatic heterocycles. The lowest BCUT2D eigenvalue weighted by Crippen LogP contribution is -2.25. The van der Waals surface area contributed by atoms with Gasteiger partial charge in [-0.1, -0.05) is 37.3 Å². The van der Waals surface area contributed by atoms with Gasteiger partial charge in [-0.05, 0) is 25.6 Å². The molecule has 2 heteroatoms. The molecule has 1 heterocycles. The summed E-state index contributed by atoms with van der Waals surface area (Å²) in [6, 6.07) is 10.9. The zero-order chi connectivity index (χ0) is 9.31. The van der Waals surface area contributed by atoms with Crippen molar-refractivity contribution in [3.05, 3.63) is 35.9 Å². The number of hydrogen-bond donors (Lipinski definition) is 0. The van der Waals surface area contributed by atoms with Crippen molar-refractivity contribution in [3.63, 3.8) is 0 Å². The summed E-state index contributed by atoms with van der Waals surface area (Å²) in [6.45, 7) is 4.79. The standard InChI is InChI=1S/C12H17N.ClH/c1-12(8-9-13(2)10-12)11-6-4-3-5-7-11;/h3-7H,8-10H2,1-2H3;1H. The first-order chi connectivity index (χ1) is 6.21. The Bertz CT molecular complexity index is 286. The molecule has 78 valence electrons. The summed E-state index contributed by atoms with van der Waals surface area (Å²) >= 11 is 0. The first-order valence-electron chi connectivity index (χ1n) is 4.95. The average molecular weight is 212 g/mol. The number of hydrogen-bond acceptors (Lipinski definition) is 1. The van der Waals surface area contributed by atoms with E-state index in [1.54, 1.807) is 0 Å². The highest BCUT2D eigenvalue weighted by atomic mass is 35.5. The molecule has 0 radical (unpaired) electrons. The Balaban J connectivity index is 0.000000980. The Morgan fingerprint density at radius 2 is 1.86 bits per heavy atom. The van der Waals surface area contributed by atoms with Gasteiger partial charge in [-0.3, -0.25) is 0 Å². The van der Waals surface area contributed by atoms with Gasteiger partial charge in [0.15, 0.2) is 0 Å². The van der Waals surface area contributed by atoms with Crippen molar-refractivity contribution in [2.75, 3.05) is 20.1 Å². The average Bonchev–Trinajstić information content (AvgIpc) is 2.49. The maximum atomic E-state index is 2.41. The fourth-order valence-electron chi connectivity index (χ4n) is 2.27. The molecule has 0 N–H and O–H groups in total. The molecule has 1 nitrogen and oxygen atoms in total. The van der Waals surface area contributed by atoms with Crippen molar-refractivity contribution >= 4 is 12.4 Å². The molecule has 2 rings (SSSR count). The van der Waals surface area contributed by atoms with E-state index in [9.17, 15) is 0 Å². The number of halogens is 1. The fraction of sp³-hybridized carbons (Fsp3) is 0.500. The largest absolute Gasteiger partial charge is 0.305 e. The highest BCUT2D eigenvalue weighted by Crippen LogP contribution is 2.32. The van der Waals surface area contributed by atoms with E-state index in [-0.39, 0.29) is 12.4 Å². The van der Waals surface area contributed by atoms with Crippen LogP contribution in [0.3, 0.4) is 0 Å². The first-order valence-corrected chi connectivity index (χ1v) is 4.95. The predicted octanol–water partition coefficient (Wildman–Crippen LogP) is 2.70. The van der Waals surface area contributed by atoms with Crippen LogP contribution in [0.4, 0.5) is 0 Å². The second-order valence-corrected chi connectivity index (χ2v) is 4.41. The van der Waals surface area contributed by atoms with Crippen molar-refractivity contribution in [3.8, 4) is 0 Å². The van der Waals surface area contributed by atoms with Crippen molar-refractivity contribution in [1.29, 1.82) is 0 Å². The number of rotatable bonds is 1. The number of benzene rings is 1. The summed E-state index contributed by atoms with van der Waals surface area (Å²) in [5.41, 5.74) is 1.87. The van der Waals surface area contributed by atoms with Crippen LogP contribution in [0.25, 0.3) is 0 Å². The molecular weight excluding hydrogens is 194 g/mol. The van der Waals surface area contributed by atoms with Crippen molar-refractivity contribution in [1.82, 2.24) is 4.90 Å². The minimum atomic E-state index is 0. The van der Waals surface area contributed by atoms with Gasteiger partial charge in [-0.25, -0.2) is 0 Å². The minimum absolute atomic E-state index is 0. The lowest BCUT2D eigenvalue weighted by atomic mass is 9.82. The Kier molecular flexibility index (Phi) is 3.57. The van der Waals surface area contributed by atoms with Crippen LogP contribution in [-0.4, -0.2) is 25.0 Å². The highest BCUT2D eigenvalue weighted by molar-refractivity contribution is 5.85. The molecule has 0 spiro atoms. The molecular formula is C12H18ClN. The van der Waals surface area contributed by atoms with Crippen LogP contribution in [0.15, 0.2) is 30.3 Å². The van der Waals surface area contributed by atoms with Crippen molar-refractivity contribution < 1.29 is 0 Å². The van der Waals surface area contributed by atoms with E-state index in [2.05, 4.69) is 49.2 Å². The molecule has 1 aromatic rings. The van der Waals surface area contributed by atoms with E-state index in [0.717, 1.165) is 0 Å². The van der Waals surface area contributed by atoms with Crippen LogP contribution in [0.5, 0.6) is 0 Å². The van der Waals surface area contributed by atoms with E-state index in [1.165, 1.54) is 25.1 Å². The molecule has 14 heavy (non-hydrogen) atoms. The van der Waals surface area contributed by atoms with Gasteiger partial charge in [0.05, 0.1) is 0 Å².